The Balaban J connectivity index is 1.29. The molecule has 6 atom stereocenters. The first-order chi connectivity index (χ1) is 22.3. The zero-order valence-electron chi connectivity index (χ0n) is 29.8. The molecule has 0 radical (unpaired) electrons. The highest BCUT2D eigenvalue weighted by atomic mass is 16.6. The minimum atomic E-state index is -0.851. The molecule has 3 N–H and O–H groups in total. The molecule has 0 aromatic rings. The Morgan fingerprint density at radius 1 is 0.761 bits per heavy atom. The fourth-order valence-electron chi connectivity index (χ4n) is 10.9. The van der Waals surface area contributed by atoms with E-state index < -0.39 is 18.7 Å². The molecule has 6 heteroatoms. The van der Waals surface area contributed by atoms with Crippen LogP contribution >= 0.6 is 0 Å². The summed E-state index contributed by atoms with van der Waals surface area (Å²) in [6.45, 7) is 11.1. The largest absolute Gasteiger partial charge is 0.388 e. The van der Waals surface area contributed by atoms with E-state index in [0.717, 1.165) is 68.9 Å². The van der Waals surface area contributed by atoms with Gasteiger partial charge in [-0.15, -0.1) is 0 Å². The van der Waals surface area contributed by atoms with E-state index in [4.69, 9.17) is 16.1 Å². The molecular weight excluding hydrogens is 574 g/mol. The molecule has 6 unspecified atom stereocenters. The molecule has 0 bridgehead atoms. The molecule has 46 heavy (non-hydrogen) atoms. The summed E-state index contributed by atoms with van der Waals surface area (Å²) in [7, 11) is 0. The van der Waals surface area contributed by atoms with Crippen LogP contribution in [0.3, 0.4) is 0 Å². The number of hydrogen-bond acceptors (Lipinski definition) is 6. The molecule has 4 saturated carbocycles. The topological polar surface area (TPSA) is 82.4 Å². The third-order valence-corrected chi connectivity index (χ3v) is 13.7. The van der Waals surface area contributed by atoms with Crippen LogP contribution in [-0.2, 0) is 9.47 Å². The number of nitrogens with zero attached hydrogens (tertiary/aromatic N) is 1. The van der Waals surface area contributed by atoms with Gasteiger partial charge in [0.1, 0.15) is 0 Å². The Hall–Kier alpha value is -0.500. The summed E-state index contributed by atoms with van der Waals surface area (Å²) < 4.78 is 11.8. The van der Waals surface area contributed by atoms with Gasteiger partial charge in [-0.1, -0.05) is 83.6 Å². The predicted octanol–water partition coefficient (Wildman–Crippen LogP) is 8.37. The molecular formula is C40H71NO5. The lowest BCUT2D eigenvalue weighted by molar-refractivity contribution is -0.153. The molecule has 4 aliphatic carbocycles. The molecule has 6 nitrogen and oxygen atoms in total. The summed E-state index contributed by atoms with van der Waals surface area (Å²) in [5.41, 5.74) is 0.575. The van der Waals surface area contributed by atoms with E-state index in [-0.39, 0.29) is 23.4 Å². The molecule has 5 fully saturated rings. The Labute approximate surface area is 282 Å². The minimum Gasteiger partial charge on any atom is -0.388 e. The maximum Gasteiger partial charge on any atom is 0.170 e. The van der Waals surface area contributed by atoms with Crippen LogP contribution in [0, 0.1) is 35.0 Å². The maximum absolute atomic E-state index is 12.2. The van der Waals surface area contributed by atoms with Crippen molar-refractivity contribution in [3.8, 4) is 0 Å². The average molecular weight is 646 g/mol. The van der Waals surface area contributed by atoms with Gasteiger partial charge in [0.2, 0.25) is 0 Å². The highest BCUT2D eigenvalue weighted by Crippen LogP contribution is 2.50. The summed E-state index contributed by atoms with van der Waals surface area (Å²) in [5.74, 6) is 3.22. The summed E-state index contributed by atoms with van der Waals surface area (Å²) in [5, 5.41) is 34.4. The van der Waals surface area contributed by atoms with Gasteiger partial charge in [0.15, 0.2) is 12.6 Å². The molecule has 5 rings (SSSR count). The Bertz CT molecular complexity index is 886. The fourth-order valence-corrected chi connectivity index (χ4v) is 10.9. The molecule has 0 aromatic carbocycles. The summed E-state index contributed by atoms with van der Waals surface area (Å²) in [4.78, 5) is 2.51. The van der Waals surface area contributed by atoms with Crippen LogP contribution in [-0.4, -0.2) is 70.7 Å². The normalized spacial score (nSPS) is 31.8. The molecule has 1 saturated heterocycles. The van der Waals surface area contributed by atoms with Crippen LogP contribution in [0.2, 0.25) is 0 Å². The van der Waals surface area contributed by atoms with Crippen molar-refractivity contribution in [1.82, 2.24) is 4.90 Å². The van der Waals surface area contributed by atoms with Crippen molar-refractivity contribution < 1.29 is 24.8 Å². The lowest BCUT2D eigenvalue weighted by Crippen LogP contribution is -2.50. The molecule has 1 aliphatic heterocycles. The summed E-state index contributed by atoms with van der Waals surface area (Å²) in [6, 6.07) is 0.155. The van der Waals surface area contributed by atoms with Crippen LogP contribution in [0.25, 0.3) is 0 Å². The van der Waals surface area contributed by atoms with Crippen LogP contribution in [0.5, 0.6) is 0 Å². The lowest BCUT2D eigenvalue weighted by atomic mass is 9.66. The molecule has 0 aromatic heterocycles. The molecule has 1 heterocycles. The van der Waals surface area contributed by atoms with Gasteiger partial charge in [-0.2, -0.15) is 0 Å². The zero-order chi connectivity index (χ0) is 32.5. The van der Waals surface area contributed by atoms with E-state index in [0.29, 0.717) is 31.5 Å². The number of hydrogen-bond donors (Lipinski definition) is 3. The van der Waals surface area contributed by atoms with E-state index in [1.54, 1.807) is 0 Å². The van der Waals surface area contributed by atoms with Crippen molar-refractivity contribution in [2.75, 3.05) is 19.8 Å². The fraction of sp³-hybridized carbons (Fsp3) is 0.950. The van der Waals surface area contributed by atoms with Gasteiger partial charge in [-0.3, -0.25) is 4.90 Å². The third kappa shape index (κ3) is 9.38. The van der Waals surface area contributed by atoms with Gasteiger partial charge in [0.05, 0.1) is 18.8 Å². The van der Waals surface area contributed by atoms with Crippen LogP contribution in [0.1, 0.15) is 155 Å². The first kappa shape index (κ1) is 36.8. The van der Waals surface area contributed by atoms with E-state index in [2.05, 4.69) is 11.8 Å². The van der Waals surface area contributed by atoms with Gasteiger partial charge < -0.3 is 24.8 Å². The first-order valence-corrected chi connectivity index (χ1v) is 20.0. The second-order valence-electron chi connectivity index (χ2n) is 16.6. The number of ether oxygens (including phenoxy) is 2. The van der Waals surface area contributed by atoms with Crippen LogP contribution < -0.4 is 0 Å². The van der Waals surface area contributed by atoms with Crippen LogP contribution in [0.15, 0.2) is 12.2 Å². The average Bonchev–Trinajstić information content (AvgIpc) is 3.78. The van der Waals surface area contributed by atoms with Gasteiger partial charge in [-0.25, -0.2) is 0 Å². The van der Waals surface area contributed by atoms with Crippen LogP contribution in [0.4, 0.5) is 0 Å². The Morgan fingerprint density at radius 2 is 1.39 bits per heavy atom. The summed E-state index contributed by atoms with van der Waals surface area (Å²) >= 11 is 0. The molecule has 0 amide bonds. The van der Waals surface area contributed by atoms with Crippen molar-refractivity contribution in [3.63, 3.8) is 0 Å². The lowest BCUT2D eigenvalue weighted by Gasteiger charge is -2.45. The van der Waals surface area contributed by atoms with E-state index in [9.17, 15) is 15.3 Å². The second kappa shape index (κ2) is 17.9. The second-order valence-corrected chi connectivity index (χ2v) is 16.6. The van der Waals surface area contributed by atoms with Gasteiger partial charge in [0.25, 0.3) is 0 Å². The minimum absolute atomic E-state index is 0.00621. The van der Waals surface area contributed by atoms with Gasteiger partial charge in [-0.05, 0) is 113 Å². The van der Waals surface area contributed by atoms with E-state index in [1.165, 1.54) is 89.9 Å². The smallest absolute Gasteiger partial charge is 0.170 e. The number of rotatable bonds is 16. The van der Waals surface area contributed by atoms with Crippen molar-refractivity contribution in [3.05, 3.63) is 12.2 Å². The zero-order valence-corrected chi connectivity index (χ0v) is 29.8. The Morgan fingerprint density at radius 3 is 2.04 bits per heavy atom. The molecule has 266 valence electrons. The highest BCUT2D eigenvalue weighted by molar-refractivity contribution is 5.17. The molecule has 0 spiro atoms. The van der Waals surface area contributed by atoms with E-state index >= 15 is 0 Å². The quantitative estimate of drug-likeness (QED) is 0.116. The summed E-state index contributed by atoms with van der Waals surface area (Å²) in [6.07, 6.45) is 24.0. The standard InChI is InChI=1S/C40H71NO5/c1-4-45-37(42)27-40(23-11-12-24-40)38(43)29(2)35(26-31-19-21-34(22-20-31)33-16-9-6-10-17-33)30(3)41-25-13-18-36(41)39(44)46-28-32-14-7-5-8-15-32/h30-39,42-44H,2,4-28H2,1,3H3. The maximum atomic E-state index is 12.2. The molecule has 5 aliphatic rings. The monoisotopic (exact) mass is 646 g/mol. The van der Waals surface area contributed by atoms with Crippen molar-refractivity contribution >= 4 is 0 Å². The SMILES string of the molecule is C=C(C(CC1CCC(C2CCCCC2)CC1)C(C)N1CCCC1C(O)OCC1CCCCC1)C(O)C1(CC(O)OCC)CCCC1. The van der Waals surface area contributed by atoms with E-state index in [1.807, 2.05) is 6.92 Å². The highest BCUT2D eigenvalue weighted by Gasteiger charge is 2.47. The predicted molar refractivity (Wildman–Crippen MR) is 186 cm³/mol. The number of aliphatic hydroxyl groups excluding tert-OH is 3. The van der Waals surface area contributed by atoms with Crippen molar-refractivity contribution in [1.29, 1.82) is 0 Å². The van der Waals surface area contributed by atoms with Gasteiger partial charge in [0, 0.05) is 24.5 Å². The Kier molecular flexibility index (Phi) is 14.3. The van der Waals surface area contributed by atoms with Crippen molar-refractivity contribution in [2.24, 2.45) is 35.0 Å². The van der Waals surface area contributed by atoms with Gasteiger partial charge >= 0.3 is 0 Å². The number of likely N-dealkylation sites (tertiary alicyclic amines) is 1. The first-order valence-electron chi connectivity index (χ1n) is 20.0. The van der Waals surface area contributed by atoms with Crippen molar-refractivity contribution in [2.45, 2.75) is 186 Å². The third-order valence-electron chi connectivity index (χ3n) is 13.7. The number of aliphatic hydroxyl groups is 3.